The molecule has 2 atom stereocenters. The van der Waals surface area contributed by atoms with Crippen LogP contribution in [0.3, 0.4) is 0 Å². The van der Waals surface area contributed by atoms with Crippen LogP contribution < -0.4 is 5.32 Å². The van der Waals surface area contributed by atoms with Gasteiger partial charge in [-0.15, -0.1) is 0 Å². The summed E-state index contributed by atoms with van der Waals surface area (Å²) < 4.78 is 0. The van der Waals surface area contributed by atoms with Gasteiger partial charge in [0.25, 0.3) is 0 Å². The number of anilines is 1. The minimum atomic E-state index is -0.877. The molecular formula is C16H20N2O2. The summed E-state index contributed by atoms with van der Waals surface area (Å²) in [7, 11) is 0. The average molecular weight is 272 g/mol. The van der Waals surface area contributed by atoms with E-state index in [0.29, 0.717) is 24.3 Å². The van der Waals surface area contributed by atoms with E-state index in [1.54, 1.807) is 12.1 Å². The van der Waals surface area contributed by atoms with Gasteiger partial charge in [0.1, 0.15) is 5.54 Å². The van der Waals surface area contributed by atoms with E-state index >= 15 is 0 Å². The molecule has 1 aromatic rings. The number of aliphatic carboxylic acids is 1. The molecule has 2 N–H and O–H groups in total. The lowest BCUT2D eigenvalue weighted by Gasteiger charge is -2.38. The predicted molar refractivity (Wildman–Crippen MR) is 77.5 cm³/mol. The summed E-state index contributed by atoms with van der Waals surface area (Å²) in [5, 5.41) is 21.8. The van der Waals surface area contributed by atoms with Crippen molar-refractivity contribution in [2.75, 3.05) is 5.32 Å². The van der Waals surface area contributed by atoms with Gasteiger partial charge in [0.2, 0.25) is 0 Å². The van der Waals surface area contributed by atoms with Gasteiger partial charge < -0.3 is 10.4 Å². The lowest BCUT2D eigenvalue weighted by Crippen LogP contribution is -2.49. The molecule has 20 heavy (non-hydrogen) atoms. The van der Waals surface area contributed by atoms with Crippen molar-refractivity contribution < 1.29 is 9.90 Å². The van der Waals surface area contributed by atoms with Crippen LogP contribution in [0.4, 0.5) is 5.69 Å². The van der Waals surface area contributed by atoms with Gasteiger partial charge in [0, 0.05) is 5.69 Å². The first-order valence-electron chi connectivity index (χ1n) is 6.99. The fourth-order valence-electron chi connectivity index (χ4n) is 3.06. The highest BCUT2D eigenvalue weighted by molar-refractivity contribution is 5.83. The Morgan fingerprint density at radius 2 is 2.30 bits per heavy atom. The molecule has 0 aliphatic heterocycles. The summed E-state index contributed by atoms with van der Waals surface area (Å²) in [6, 6.07) is 7.49. The van der Waals surface area contributed by atoms with Gasteiger partial charge in [0.05, 0.1) is 11.6 Å². The molecule has 1 aliphatic rings. The van der Waals surface area contributed by atoms with E-state index in [-0.39, 0.29) is 0 Å². The number of nitriles is 1. The number of carbonyl (C=O) groups is 1. The van der Waals surface area contributed by atoms with E-state index in [4.69, 9.17) is 5.26 Å². The molecule has 0 saturated heterocycles. The Morgan fingerprint density at radius 1 is 1.55 bits per heavy atom. The number of carboxylic acids is 1. The van der Waals surface area contributed by atoms with E-state index in [1.807, 2.05) is 13.0 Å². The van der Waals surface area contributed by atoms with E-state index in [9.17, 15) is 9.90 Å². The molecule has 1 fully saturated rings. The number of rotatable bonds is 3. The lowest BCUT2D eigenvalue weighted by molar-refractivity contribution is -0.144. The van der Waals surface area contributed by atoms with Gasteiger partial charge in [-0.1, -0.05) is 19.8 Å². The Balaban J connectivity index is 2.27. The number of hydrogen-bond acceptors (Lipinski definition) is 3. The molecule has 2 unspecified atom stereocenters. The van der Waals surface area contributed by atoms with Crippen molar-refractivity contribution in [1.82, 2.24) is 0 Å². The predicted octanol–water partition coefficient (Wildman–Crippen LogP) is 3.31. The Hall–Kier alpha value is -2.02. The zero-order chi connectivity index (χ0) is 14.8. The molecule has 4 heteroatoms. The van der Waals surface area contributed by atoms with Gasteiger partial charge in [-0.25, -0.2) is 4.79 Å². The average Bonchev–Trinajstić information content (AvgIpc) is 2.38. The first-order chi connectivity index (χ1) is 9.47. The minimum absolute atomic E-state index is 0.409. The standard InChI is InChI=1S/C16H20N2O2/c1-11-4-3-7-16(9-11,15(19)20)18-14-6-5-13(10-17)12(2)8-14/h5-6,8,11,18H,3-4,7,9H2,1-2H3,(H,19,20). The molecular weight excluding hydrogens is 252 g/mol. The number of nitrogens with zero attached hydrogens (tertiary/aromatic N) is 1. The van der Waals surface area contributed by atoms with Gasteiger partial charge in [-0.3, -0.25) is 0 Å². The van der Waals surface area contributed by atoms with Crippen molar-refractivity contribution in [1.29, 1.82) is 5.26 Å². The fourth-order valence-corrected chi connectivity index (χ4v) is 3.06. The molecule has 0 radical (unpaired) electrons. The first kappa shape index (κ1) is 14.4. The van der Waals surface area contributed by atoms with E-state index in [1.165, 1.54) is 0 Å². The molecule has 0 aromatic heterocycles. The number of hydrogen-bond donors (Lipinski definition) is 2. The van der Waals surface area contributed by atoms with Crippen LogP contribution in [-0.2, 0) is 4.79 Å². The summed E-state index contributed by atoms with van der Waals surface area (Å²) in [5.41, 5.74) is 1.38. The van der Waals surface area contributed by atoms with Crippen LogP contribution in [0.5, 0.6) is 0 Å². The number of nitrogens with one attached hydrogen (secondary N) is 1. The van der Waals surface area contributed by atoms with Crippen molar-refractivity contribution >= 4 is 11.7 Å². The van der Waals surface area contributed by atoms with E-state index in [2.05, 4.69) is 18.3 Å². The van der Waals surface area contributed by atoms with Crippen LogP contribution in [-0.4, -0.2) is 16.6 Å². The van der Waals surface area contributed by atoms with E-state index < -0.39 is 11.5 Å². The molecule has 1 aliphatic carbocycles. The molecule has 2 rings (SSSR count). The van der Waals surface area contributed by atoms with Gasteiger partial charge in [-0.05, 0) is 49.4 Å². The van der Waals surface area contributed by atoms with Crippen LogP contribution in [0.2, 0.25) is 0 Å². The second-order valence-corrected chi connectivity index (χ2v) is 5.86. The molecule has 0 amide bonds. The molecule has 1 aromatic carbocycles. The Bertz CT molecular complexity index is 562. The van der Waals surface area contributed by atoms with Crippen LogP contribution in [0.1, 0.15) is 43.7 Å². The van der Waals surface area contributed by atoms with Crippen molar-refractivity contribution in [3.8, 4) is 6.07 Å². The number of aryl methyl sites for hydroxylation is 1. The van der Waals surface area contributed by atoms with Crippen molar-refractivity contribution in [3.05, 3.63) is 29.3 Å². The molecule has 4 nitrogen and oxygen atoms in total. The zero-order valence-corrected chi connectivity index (χ0v) is 11.9. The van der Waals surface area contributed by atoms with Crippen molar-refractivity contribution in [3.63, 3.8) is 0 Å². The third-order valence-corrected chi connectivity index (χ3v) is 4.14. The summed E-state index contributed by atoms with van der Waals surface area (Å²) in [6.07, 6.45) is 3.30. The smallest absolute Gasteiger partial charge is 0.329 e. The fraction of sp³-hybridized carbons (Fsp3) is 0.500. The Morgan fingerprint density at radius 3 is 2.85 bits per heavy atom. The molecule has 0 heterocycles. The summed E-state index contributed by atoms with van der Waals surface area (Å²) in [4.78, 5) is 11.7. The summed E-state index contributed by atoms with van der Waals surface area (Å²) in [5.74, 6) is -0.377. The SMILES string of the molecule is Cc1cc(NC2(C(=O)O)CCCC(C)C2)ccc1C#N. The van der Waals surface area contributed by atoms with Crippen LogP contribution in [0.25, 0.3) is 0 Å². The lowest BCUT2D eigenvalue weighted by atomic mass is 9.76. The molecule has 0 bridgehead atoms. The van der Waals surface area contributed by atoms with Gasteiger partial charge >= 0.3 is 5.97 Å². The monoisotopic (exact) mass is 272 g/mol. The largest absolute Gasteiger partial charge is 0.480 e. The maximum absolute atomic E-state index is 11.7. The minimum Gasteiger partial charge on any atom is -0.480 e. The molecule has 0 spiro atoms. The second kappa shape index (κ2) is 5.54. The summed E-state index contributed by atoms with van der Waals surface area (Å²) >= 11 is 0. The molecule has 1 saturated carbocycles. The third kappa shape index (κ3) is 2.77. The van der Waals surface area contributed by atoms with Crippen LogP contribution >= 0.6 is 0 Å². The van der Waals surface area contributed by atoms with Gasteiger partial charge in [0.15, 0.2) is 0 Å². The number of benzene rings is 1. The van der Waals surface area contributed by atoms with Crippen molar-refractivity contribution in [2.45, 2.75) is 45.1 Å². The highest BCUT2D eigenvalue weighted by atomic mass is 16.4. The topological polar surface area (TPSA) is 73.1 Å². The maximum atomic E-state index is 11.7. The van der Waals surface area contributed by atoms with Crippen LogP contribution in [0, 0.1) is 24.2 Å². The van der Waals surface area contributed by atoms with Gasteiger partial charge in [-0.2, -0.15) is 5.26 Å². The maximum Gasteiger partial charge on any atom is 0.329 e. The first-order valence-corrected chi connectivity index (χ1v) is 6.99. The zero-order valence-electron chi connectivity index (χ0n) is 11.9. The Kier molecular flexibility index (Phi) is 3.99. The highest BCUT2D eigenvalue weighted by Gasteiger charge is 2.41. The highest BCUT2D eigenvalue weighted by Crippen LogP contribution is 2.35. The normalized spacial score (nSPS) is 25.8. The quantitative estimate of drug-likeness (QED) is 0.885. The number of carboxylic acid groups (broad SMARTS) is 1. The van der Waals surface area contributed by atoms with E-state index in [0.717, 1.165) is 24.1 Å². The van der Waals surface area contributed by atoms with Crippen LogP contribution in [0.15, 0.2) is 18.2 Å². The Labute approximate surface area is 119 Å². The summed E-state index contributed by atoms with van der Waals surface area (Å²) in [6.45, 7) is 3.96. The second-order valence-electron chi connectivity index (χ2n) is 5.86. The molecule has 106 valence electrons. The van der Waals surface area contributed by atoms with Crippen molar-refractivity contribution in [2.24, 2.45) is 5.92 Å². The third-order valence-electron chi connectivity index (χ3n) is 4.14.